The average Bonchev–Trinajstić information content (AvgIpc) is 3.30. The van der Waals surface area contributed by atoms with Crippen molar-refractivity contribution in [2.24, 2.45) is 5.92 Å². The Morgan fingerprint density at radius 3 is 2.71 bits per heavy atom. The molecule has 4 heterocycles. The lowest BCUT2D eigenvalue weighted by atomic mass is 9.89. The Kier molecular flexibility index (Phi) is 6.73. The molecule has 1 N–H and O–H groups in total. The fraction of sp³-hybridized carbons (Fsp3) is 0.464. The van der Waals surface area contributed by atoms with E-state index in [1.165, 1.54) is 27.1 Å². The first kappa shape index (κ1) is 24.8. The number of amides is 3. The quantitative estimate of drug-likeness (QED) is 0.539. The minimum atomic E-state index is -0.204. The maximum Gasteiger partial charge on any atom is 0.244 e. The van der Waals surface area contributed by atoms with E-state index in [1.54, 1.807) is 12.4 Å². The molecule has 10 heteroatoms. The summed E-state index contributed by atoms with van der Waals surface area (Å²) in [5, 5.41) is 4.01. The third kappa shape index (κ3) is 4.73. The summed E-state index contributed by atoms with van der Waals surface area (Å²) in [7, 11) is 0. The van der Waals surface area contributed by atoms with E-state index in [0.29, 0.717) is 43.2 Å². The van der Waals surface area contributed by atoms with Gasteiger partial charge in [0.1, 0.15) is 23.5 Å². The second-order valence-electron chi connectivity index (χ2n) is 10.5. The number of thiophene rings is 1. The van der Waals surface area contributed by atoms with E-state index in [0.717, 1.165) is 36.6 Å². The highest BCUT2D eigenvalue weighted by Crippen LogP contribution is 2.40. The van der Waals surface area contributed by atoms with Gasteiger partial charge in [-0.2, -0.15) is 0 Å². The van der Waals surface area contributed by atoms with Crippen molar-refractivity contribution >= 4 is 56.5 Å². The van der Waals surface area contributed by atoms with Crippen LogP contribution < -0.4 is 15.1 Å². The van der Waals surface area contributed by atoms with Gasteiger partial charge >= 0.3 is 0 Å². The van der Waals surface area contributed by atoms with E-state index in [9.17, 15) is 14.4 Å². The van der Waals surface area contributed by atoms with Gasteiger partial charge in [0.15, 0.2) is 0 Å². The molecule has 3 aromatic rings. The van der Waals surface area contributed by atoms with E-state index in [1.807, 2.05) is 34.4 Å². The highest BCUT2D eigenvalue weighted by molar-refractivity contribution is 7.19. The lowest BCUT2D eigenvalue weighted by Crippen LogP contribution is -2.49. The van der Waals surface area contributed by atoms with Crippen LogP contribution in [-0.2, 0) is 27.2 Å². The van der Waals surface area contributed by atoms with Crippen molar-refractivity contribution in [3.63, 3.8) is 0 Å². The third-order valence-electron chi connectivity index (χ3n) is 7.86. The number of para-hydroxylation sites is 2. The SMILES string of the molecule is C[C@@H]1CCc2c(sc3ncnc(N4CCN(C(=O)CCCC(=O)N5CC(=O)Nc6ccccc65)CC4)c23)C1. The predicted molar refractivity (Wildman–Crippen MR) is 149 cm³/mol. The zero-order chi connectivity index (χ0) is 26.2. The number of nitrogens with zero attached hydrogens (tertiary/aromatic N) is 5. The second kappa shape index (κ2) is 10.3. The van der Waals surface area contributed by atoms with Crippen LogP contribution in [0.15, 0.2) is 30.6 Å². The van der Waals surface area contributed by atoms with E-state index in [-0.39, 0.29) is 30.7 Å². The zero-order valence-electron chi connectivity index (χ0n) is 21.6. The lowest BCUT2D eigenvalue weighted by Gasteiger charge is -2.36. The number of fused-ring (bicyclic) bond motifs is 4. The summed E-state index contributed by atoms with van der Waals surface area (Å²) >= 11 is 1.81. The van der Waals surface area contributed by atoms with Crippen LogP contribution in [0.1, 0.15) is 43.0 Å². The van der Waals surface area contributed by atoms with Crippen LogP contribution in [0.25, 0.3) is 10.2 Å². The van der Waals surface area contributed by atoms with Crippen molar-refractivity contribution < 1.29 is 14.4 Å². The third-order valence-corrected chi connectivity index (χ3v) is 9.02. The van der Waals surface area contributed by atoms with Crippen molar-refractivity contribution in [2.45, 2.75) is 45.4 Å². The number of rotatable bonds is 5. The maximum absolute atomic E-state index is 12.9. The number of piperazine rings is 1. The Morgan fingerprint density at radius 1 is 1.08 bits per heavy atom. The fourth-order valence-corrected chi connectivity index (χ4v) is 7.15. The Labute approximate surface area is 225 Å². The van der Waals surface area contributed by atoms with Gasteiger partial charge in [0.25, 0.3) is 0 Å². The van der Waals surface area contributed by atoms with Gasteiger partial charge in [-0.3, -0.25) is 14.4 Å². The van der Waals surface area contributed by atoms with E-state index in [2.05, 4.69) is 27.1 Å². The molecule has 198 valence electrons. The molecule has 2 aliphatic heterocycles. The van der Waals surface area contributed by atoms with Crippen LogP contribution in [0.4, 0.5) is 17.2 Å². The first-order chi connectivity index (χ1) is 18.5. The number of carbonyl (C=O) groups is 3. The molecular weight excluding hydrogens is 500 g/mol. The highest BCUT2D eigenvalue weighted by atomic mass is 32.1. The van der Waals surface area contributed by atoms with Gasteiger partial charge in [-0.25, -0.2) is 9.97 Å². The van der Waals surface area contributed by atoms with Crippen molar-refractivity contribution in [2.75, 3.05) is 47.8 Å². The molecule has 2 aromatic heterocycles. The number of hydrogen-bond acceptors (Lipinski definition) is 7. The predicted octanol–water partition coefficient (Wildman–Crippen LogP) is 3.62. The monoisotopic (exact) mass is 532 g/mol. The summed E-state index contributed by atoms with van der Waals surface area (Å²) < 4.78 is 0. The van der Waals surface area contributed by atoms with Crippen molar-refractivity contribution in [3.8, 4) is 0 Å². The van der Waals surface area contributed by atoms with Crippen LogP contribution >= 0.6 is 11.3 Å². The number of carbonyl (C=O) groups excluding carboxylic acids is 3. The van der Waals surface area contributed by atoms with Gasteiger partial charge in [-0.05, 0) is 49.3 Å². The number of anilines is 3. The molecule has 0 radical (unpaired) electrons. The molecule has 38 heavy (non-hydrogen) atoms. The maximum atomic E-state index is 12.9. The summed E-state index contributed by atoms with van der Waals surface area (Å²) in [5.74, 6) is 1.46. The largest absolute Gasteiger partial charge is 0.352 e. The normalized spacial score (nSPS) is 19.2. The van der Waals surface area contributed by atoms with Crippen molar-refractivity contribution in [1.82, 2.24) is 14.9 Å². The summed E-state index contributed by atoms with van der Waals surface area (Å²) in [6, 6.07) is 7.29. The topological polar surface area (TPSA) is 98.7 Å². The number of aryl methyl sites for hydroxylation is 1. The van der Waals surface area contributed by atoms with Gasteiger partial charge in [0.05, 0.1) is 16.8 Å². The number of benzene rings is 1. The number of hydrogen-bond donors (Lipinski definition) is 1. The molecule has 1 aliphatic carbocycles. The van der Waals surface area contributed by atoms with Gasteiger partial charge < -0.3 is 20.0 Å². The molecule has 9 nitrogen and oxygen atoms in total. The second-order valence-corrected chi connectivity index (χ2v) is 11.6. The molecule has 1 atom stereocenters. The smallest absolute Gasteiger partial charge is 0.244 e. The van der Waals surface area contributed by atoms with Gasteiger partial charge in [0.2, 0.25) is 17.7 Å². The van der Waals surface area contributed by atoms with Crippen molar-refractivity contribution in [3.05, 3.63) is 41.0 Å². The first-order valence-electron chi connectivity index (χ1n) is 13.4. The van der Waals surface area contributed by atoms with Crippen LogP contribution in [0.3, 0.4) is 0 Å². The average molecular weight is 533 g/mol. The molecule has 3 aliphatic rings. The van der Waals surface area contributed by atoms with E-state index in [4.69, 9.17) is 0 Å². The van der Waals surface area contributed by atoms with Crippen LogP contribution in [0.2, 0.25) is 0 Å². The Morgan fingerprint density at radius 2 is 1.87 bits per heavy atom. The Balaban J connectivity index is 1.04. The first-order valence-corrected chi connectivity index (χ1v) is 14.3. The number of nitrogens with one attached hydrogen (secondary N) is 1. The van der Waals surface area contributed by atoms with Crippen LogP contribution in [-0.4, -0.2) is 65.3 Å². The number of aromatic nitrogens is 2. The molecule has 0 bridgehead atoms. The Hall–Kier alpha value is -3.53. The van der Waals surface area contributed by atoms with Gasteiger partial charge in [-0.15, -0.1) is 11.3 Å². The minimum absolute atomic E-state index is 0.00836. The van der Waals surface area contributed by atoms with Gasteiger partial charge in [0, 0.05) is 43.9 Å². The van der Waals surface area contributed by atoms with Crippen LogP contribution in [0.5, 0.6) is 0 Å². The molecule has 3 amide bonds. The summed E-state index contributed by atoms with van der Waals surface area (Å²) in [6.07, 6.45) is 6.09. The molecule has 1 fully saturated rings. The standard InChI is InChI=1S/C28H32N6O3S/c1-18-9-10-19-22(15-18)38-28-26(19)27(29-17-30-28)33-13-11-32(12-14-33)24(36)7-4-8-25(37)34-16-23(35)31-20-5-2-3-6-21(20)34/h2-3,5-6,17-18H,4,7-16H2,1H3,(H,31,35)/t18-/m1/s1. The van der Waals surface area contributed by atoms with Crippen LogP contribution in [0, 0.1) is 5.92 Å². The zero-order valence-corrected chi connectivity index (χ0v) is 22.4. The summed E-state index contributed by atoms with van der Waals surface area (Å²) in [4.78, 5) is 55.3. The molecular formula is C28H32N6O3S. The molecule has 0 saturated carbocycles. The Bertz CT molecular complexity index is 1400. The van der Waals surface area contributed by atoms with E-state index < -0.39 is 0 Å². The minimum Gasteiger partial charge on any atom is -0.352 e. The summed E-state index contributed by atoms with van der Waals surface area (Å²) in [6.45, 7) is 5.07. The lowest BCUT2D eigenvalue weighted by molar-refractivity contribution is -0.131. The van der Waals surface area contributed by atoms with Crippen molar-refractivity contribution in [1.29, 1.82) is 0 Å². The van der Waals surface area contributed by atoms with E-state index >= 15 is 0 Å². The summed E-state index contributed by atoms with van der Waals surface area (Å²) in [5.41, 5.74) is 2.78. The molecule has 1 aromatic carbocycles. The highest BCUT2D eigenvalue weighted by Gasteiger charge is 2.29. The molecule has 6 rings (SSSR count). The molecule has 0 spiro atoms. The molecule has 1 saturated heterocycles. The fourth-order valence-electron chi connectivity index (χ4n) is 5.81. The van der Waals surface area contributed by atoms with Gasteiger partial charge in [-0.1, -0.05) is 19.1 Å². The molecule has 0 unspecified atom stereocenters.